The van der Waals surface area contributed by atoms with Crippen LogP contribution >= 0.6 is 0 Å². The minimum absolute atomic E-state index is 0.0672. The lowest BCUT2D eigenvalue weighted by atomic mass is 9.87. The molecule has 3 unspecified atom stereocenters. The summed E-state index contributed by atoms with van der Waals surface area (Å²) in [5.41, 5.74) is 7.38. The lowest BCUT2D eigenvalue weighted by Crippen LogP contribution is -2.56. The summed E-state index contributed by atoms with van der Waals surface area (Å²) in [7, 11) is 0. The van der Waals surface area contributed by atoms with E-state index in [1.54, 1.807) is 0 Å². The molecule has 1 fully saturated rings. The number of hydrogen-bond donors (Lipinski definition) is 1. The number of nitrogens with two attached hydrogens (primary N) is 1. The number of piperidine rings is 1. The van der Waals surface area contributed by atoms with Gasteiger partial charge in [0.15, 0.2) is 0 Å². The number of rotatable bonds is 2. The first-order valence-electron chi connectivity index (χ1n) is 6.17. The van der Waals surface area contributed by atoms with E-state index >= 15 is 0 Å². The van der Waals surface area contributed by atoms with Crippen molar-refractivity contribution < 1.29 is 4.79 Å². The first kappa shape index (κ1) is 12.3. The third-order valence-electron chi connectivity index (χ3n) is 3.61. The molecule has 2 N–H and O–H groups in total. The van der Waals surface area contributed by atoms with Crippen LogP contribution in [0.1, 0.15) is 19.4 Å². The quantitative estimate of drug-likeness (QED) is 0.843. The van der Waals surface area contributed by atoms with Gasteiger partial charge < -0.3 is 5.73 Å². The lowest BCUT2D eigenvalue weighted by Gasteiger charge is -2.39. The van der Waals surface area contributed by atoms with E-state index < -0.39 is 0 Å². The minimum atomic E-state index is -0.154. The predicted molar refractivity (Wildman–Crippen MR) is 68.2 cm³/mol. The molecular formula is C14H20N2O. The van der Waals surface area contributed by atoms with E-state index in [4.69, 9.17) is 5.73 Å². The second-order valence-corrected chi connectivity index (χ2v) is 5.00. The molecule has 1 aliphatic rings. The Labute approximate surface area is 103 Å². The van der Waals surface area contributed by atoms with Gasteiger partial charge in [-0.15, -0.1) is 0 Å². The molecule has 3 atom stereocenters. The van der Waals surface area contributed by atoms with Gasteiger partial charge >= 0.3 is 0 Å². The van der Waals surface area contributed by atoms with Gasteiger partial charge in [-0.3, -0.25) is 9.69 Å². The number of likely N-dealkylation sites (tertiary alicyclic amines) is 1. The summed E-state index contributed by atoms with van der Waals surface area (Å²) in [5, 5.41) is 0. The van der Waals surface area contributed by atoms with Gasteiger partial charge in [0, 0.05) is 24.9 Å². The molecule has 1 saturated heterocycles. The van der Waals surface area contributed by atoms with Crippen LogP contribution in [-0.2, 0) is 11.3 Å². The zero-order chi connectivity index (χ0) is 12.4. The van der Waals surface area contributed by atoms with Crippen molar-refractivity contribution in [3.05, 3.63) is 35.9 Å². The lowest BCUT2D eigenvalue weighted by molar-refractivity contribution is -0.133. The maximum absolute atomic E-state index is 11.8. The standard InChI is InChI=1S/C14H20N2O/c1-10-8-16(14(15)11(2)13(10)17)9-12-6-4-3-5-7-12/h3-7,10-11,14H,8-9,15H2,1-2H3. The molecule has 0 spiro atoms. The van der Waals surface area contributed by atoms with Crippen molar-refractivity contribution in [2.24, 2.45) is 17.6 Å². The van der Waals surface area contributed by atoms with Gasteiger partial charge in [0.05, 0.1) is 6.17 Å². The molecule has 1 aromatic carbocycles. The molecule has 0 amide bonds. The highest BCUT2D eigenvalue weighted by atomic mass is 16.1. The summed E-state index contributed by atoms with van der Waals surface area (Å²) in [6.45, 7) is 5.51. The summed E-state index contributed by atoms with van der Waals surface area (Å²) in [4.78, 5) is 14.0. The number of carbonyl (C=O) groups excluding carboxylic acids is 1. The number of Topliss-reactive ketones (excluding diaryl/α,β-unsaturated/α-hetero) is 1. The maximum atomic E-state index is 11.8. The summed E-state index contributed by atoms with van der Waals surface area (Å²) in [6.07, 6.45) is -0.154. The maximum Gasteiger partial charge on any atom is 0.142 e. The van der Waals surface area contributed by atoms with Gasteiger partial charge in [0.2, 0.25) is 0 Å². The second kappa shape index (κ2) is 4.98. The van der Waals surface area contributed by atoms with Crippen molar-refractivity contribution in [3.63, 3.8) is 0 Å². The van der Waals surface area contributed by atoms with Crippen molar-refractivity contribution in [1.29, 1.82) is 0 Å². The van der Waals surface area contributed by atoms with E-state index in [0.29, 0.717) is 5.78 Å². The average molecular weight is 232 g/mol. The molecule has 0 saturated carbocycles. The number of hydrogen-bond acceptors (Lipinski definition) is 3. The van der Waals surface area contributed by atoms with E-state index in [-0.39, 0.29) is 18.0 Å². The normalized spacial score (nSPS) is 30.5. The van der Waals surface area contributed by atoms with Gasteiger partial charge in [-0.1, -0.05) is 44.2 Å². The Morgan fingerprint density at radius 2 is 1.94 bits per heavy atom. The van der Waals surface area contributed by atoms with E-state index in [1.807, 2.05) is 32.0 Å². The molecule has 0 aliphatic carbocycles. The smallest absolute Gasteiger partial charge is 0.142 e. The number of carbonyl (C=O) groups is 1. The fourth-order valence-electron chi connectivity index (χ4n) is 2.48. The van der Waals surface area contributed by atoms with Crippen LogP contribution in [0, 0.1) is 11.8 Å². The summed E-state index contributed by atoms with van der Waals surface area (Å²) in [5.74, 6) is 0.317. The van der Waals surface area contributed by atoms with E-state index in [2.05, 4.69) is 17.0 Å². The Bertz CT molecular complexity index is 390. The van der Waals surface area contributed by atoms with E-state index in [9.17, 15) is 4.79 Å². The monoisotopic (exact) mass is 232 g/mol. The molecule has 0 aromatic heterocycles. The van der Waals surface area contributed by atoms with Crippen molar-refractivity contribution in [1.82, 2.24) is 4.90 Å². The summed E-state index contributed by atoms with van der Waals surface area (Å²) >= 11 is 0. The molecule has 0 bridgehead atoms. The molecule has 3 heteroatoms. The van der Waals surface area contributed by atoms with E-state index in [0.717, 1.165) is 13.1 Å². The Morgan fingerprint density at radius 3 is 2.59 bits per heavy atom. The largest absolute Gasteiger partial charge is 0.315 e. The highest BCUT2D eigenvalue weighted by molar-refractivity contribution is 5.84. The highest BCUT2D eigenvalue weighted by Crippen LogP contribution is 2.22. The second-order valence-electron chi connectivity index (χ2n) is 5.00. The molecule has 2 rings (SSSR count). The zero-order valence-corrected chi connectivity index (χ0v) is 10.5. The molecule has 1 aromatic rings. The van der Waals surface area contributed by atoms with Crippen LogP contribution in [0.4, 0.5) is 0 Å². The Hall–Kier alpha value is -1.19. The molecule has 17 heavy (non-hydrogen) atoms. The highest BCUT2D eigenvalue weighted by Gasteiger charge is 2.35. The summed E-state index contributed by atoms with van der Waals surface area (Å²) in [6, 6.07) is 10.3. The topological polar surface area (TPSA) is 46.3 Å². The molecule has 1 aliphatic heterocycles. The fourth-order valence-corrected chi connectivity index (χ4v) is 2.48. The first-order valence-corrected chi connectivity index (χ1v) is 6.17. The first-order chi connectivity index (χ1) is 8.09. The van der Waals surface area contributed by atoms with Crippen LogP contribution < -0.4 is 5.73 Å². The molecule has 92 valence electrons. The number of benzene rings is 1. The Morgan fingerprint density at radius 1 is 1.29 bits per heavy atom. The molecule has 3 nitrogen and oxygen atoms in total. The summed E-state index contributed by atoms with van der Waals surface area (Å²) < 4.78 is 0. The predicted octanol–water partition coefficient (Wildman–Crippen LogP) is 1.63. The van der Waals surface area contributed by atoms with Crippen molar-refractivity contribution in [2.45, 2.75) is 26.6 Å². The number of nitrogens with zero attached hydrogens (tertiary/aromatic N) is 1. The van der Waals surface area contributed by atoms with Gasteiger partial charge in [-0.2, -0.15) is 0 Å². The Kier molecular flexibility index (Phi) is 3.60. The minimum Gasteiger partial charge on any atom is -0.315 e. The molecular weight excluding hydrogens is 212 g/mol. The van der Waals surface area contributed by atoms with Gasteiger partial charge in [-0.25, -0.2) is 0 Å². The van der Waals surface area contributed by atoms with E-state index in [1.165, 1.54) is 5.56 Å². The SMILES string of the molecule is CC1CN(Cc2ccccc2)C(N)C(C)C1=O. The fraction of sp³-hybridized carbons (Fsp3) is 0.500. The van der Waals surface area contributed by atoms with Crippen molar-refractivity contribution in [2.75, 3.05) is 6.54 Å². The van der Waals surface area contributed by atoms with Crippen LogP contribution in [0.25, 0.3) is 0 Å². The van der Waals surface area contributed by atoms with Crippen LogP contribution in [-0.4, -0.2) is 23.4 Å². The van der Waals surface area contributed by atoms with Crippen molar-refractivity contribution >= 4 is 5.78 Å². The average Bonchev–Trinajstić information content (AvgIpc) is 2.35. The van der Waals surface area contributed by atoms with Crippen LogP contribution in [0.5, 0.6) is 0 Å². The molecule has 0 radical (unpaired) electrons. The zero-order valence-electron chi connectivity index (χ0n) is 10.5. The number of ketones is 1. The van der Waals surface area contributed by atoms with Gasteiger partial charge in [0.1, 0.15) is 5.78 Å². The van der Waals surface area contributed by atoms with Crippen molar-refractivity contribution in [3.8, 4) is 0 Å². The molecule has 1 heterocycles. The van der Waals surface area contributed by atoms with Gasteiger partial charge in [0.25, 0.3) is 0 Å². The Balaban J connectivity index is 2.09. The van der Waals surface area contributed by atoms with Gasteiger partial charge in [-0.05, 0) is 5.56 Å². The third kappa shape index (κ3) is 2.56. The van der Waals surface area contributed by atoms with Crippen LogP contribution in [0.3, 0.4) is 0 Å². The third-order valence-corrected chi connectivity index (χ3v) is 3.61. The van der Waals surface area contributed by atoms with Crippen LogP contribution in [0.2, 0.25) is 0 Å². The van der Waals surface area contributed by atoms with Crippen LogP contribution in [0.15, 0.2) is 30.3 Å².